The molecule has 1 amide bonds. The maximum absolute atomic E-state index is 13.3. The third kappa shape index (κ3) is 24.4. The maximum Gasteiger partial charge on any atom is 0.220 e. The lowest BCUT2D eigenvalue weighted by Gasteiger charge is -2.48. The lowest BCUT2D eigenvalue weighted by Crippen LogP contribution is -2.66. The largest absolute Gasteiger partial charge is 0.394 e. The molecule has 438 valence electrons. The fourth-order valence-electron chi connectivity index (χ4n) is 10.3. The Balaban J connectivity index is 1.51. The monoisotopic (exact) mass is 1070 g/mol. The van der Waals surface area contributed by atoms with Gasteiger partial charge in [0.1, 0.15) is 73.2 Å². The van der Waals surface area contributed by atoms with Crippen molar-refractivity contribution < 1.29 is 89.4 Å². The second kappa shape index (κ2) is 40.0. The van der Waals surface area contributed by atoms with Crippen LogP contribution in [0.2, 0.25) is 0 Å². The minimum Gasteiger partial charge on any atom is -0.394 e. The van der Waals surface area contributed by atoms with Crippen molar-refractivity contribution in [1.82, 2.24) is 5.32 Å². The first-order chi connectivity index (χ1) is 35.8. The van der Waals surface area contributed by atoms with Gasteiger partial charge in [-0.3, -0.25) is 4.79 Å². The lowest BCUT2D eigenvalue weighted by molar-refractivity contribution is -0.379. The van der Waals surface area contributed by atoms with Crippen molar-refractivity contribution >= 4 is 5.91 Å². The summed E-state index contributed by atoms with van der Waals surface area (Å²) < 4.78 is 34.3. The molecule has 0 aliphatic carbocycles. The van der Waals surface area contributed by atoms with E-state index in [-0.39, 0.29) is 18.9 Å². The normalized spacial score (nSPS) is 31.4. The lowest BCUT2D eigenvalue weighted by atomic mass is 9.96. The number of aliphatic hydroxyl groups is 11. The van der Waals surface area contributed by atoms with Crippen LogP contribution in [-0.2, 0) is 33.2 Å². The molecule has 3 aliphatic heterocycles. The number of carbonyl (C=O) groups is 1. The van der Waals surface area contributed by atoms with E-state index in [0.717, 1.165) is 44.9 Å². The van der Waals surface area contributed by atoms with Gasteiger partial charge in [0.15, 0.2) is 18.9 Å². The molecule has 3 heterocycles. The molecule has 0 saturated carbocycles. The van der Waals surface area contributed by atoms with Gasteiger partial charge in [-0.25, -0.2) is 0 Å². The summed E-state index contributed by atoms with van der Waals surface area (Å²) in [5, 5.41) is 120. The SMILES string of the molecule is CCCCCCCCCCCCCCCCCC(=O)NC(COC1OC(CO)C(OC2OC(CO)C(OC3OC(CO)C(O)C(O)C3O)C(O)C2O)C(O)C1O)C(O)CCCCCCCCCCCCCCCC. The molecule has 74 heavy (non-hydrogen) atoms. The number of hydrogen-bond donors (Lipinski definition) is 12. The van der Waals surface area contributed by atoms with Gasteiger partial charge in [0.05, 0.1) is 38.6 Å². The number of ether oxygens (including phenoxy) is 6. The molecule has 19 heteroatoms. The zero-order valence-electron chi connectivity index (χ0n) is 45.3. The molecular formula is C55H105NO18. The van der Waals surface area contributed by atoms with Crippen molar-refractivity contribution in [2.75, 3.05) is 26.4 Å². The molecule has 12 N–H and O–H groups in total. The van der Waals surface area contributed by atoms with Crippen molar-refractivity contribution in [3.63, 3.8) is 0 Å². The van der Waals surface area contributed by atoms with Gasteiger partial charge in [-0.15, -0.1) is 0 Å². The van der Waals surface area contributed by atoms with E-state index in [9.17, 15) is 61.0 Å². The van der Waals surface area contributed by atoms with Gasteiger partial charge in [0.2, 0.25) is 5.91 Å². The number of rotatable bonds is 43. The first-order valence-electron chi connectivity index (χ1n) is 29.3. The zero-order valence-corrected chi connectivity index (χ0v) is 45.3. The minimum atomic E-state index is -1.97. The minimum absolute atomic E-state index is 0.240. The predicted octanol–water partition coefficient (Wildman–Crippen LogP) is 4.43. The second-order valence-electron chi connectivity index (χ2n) is 21.5. The van der Waals surface area contributed by atoms with E-state index in [2.05, 4.69) is 19.2 Å². The number of hydrogen-bond acceptors (Lipinski definition) is 18. The molecule has 17 atom stereocenters. The molecule has 3 rings (SSSR count). The van der Waals surface area contributed by atoms with Crippen molar-refractivity contribution in [2.45, 2.75) is 317 Å². The number of carbonyl (C=O) groups excluding carboxylic acids is 1. The highest BCUT2D eigenvalue weighted by atomic mass is 16.8. The molecule has 19 nitrogen and oxygen atoms in total. The van der Waals surface area contributed by atoms with Crippen LogP contribution in [0.1, 0.15) is 213 Å². The van der Waals surface area contributed by atoms with E-state index in [1.165, 1.54) is 135 Å². The zero-order chi connectivity index (χ0) is 54.1. The smallest absolute Gasteiger partial charge is 0.220 e. The Morgan fingerprint density at radius 3 is 1.18 bits per heavy atom. The third-order valence-corrected chi connectivity index (χ3v) is 15.2. The summed E-state index contributed by atoms with van der Waals surface area (Å²) in [4.78, 5) is 13.3. The van der Waals surface area contributed by atoms with Crippen LogP contribution in [0, 0.1) is 0 Å². The van der Waals surface area contributed by atoms with Crippen molar-refractivity contribution in [3.8, 4) is 0 Å². The Kier molecular flexibility index (Phi) is 36.3. The number of aliphatic hydroxyl groups excluding tert-OH is 11. The van der Waals surface area contributed by atoms with Gasteiger partial charge in [-0.1, -0.05) is 194 Å². The first kappa shape index (κ1) is 67.1. The van der Waals surface area contributed by atoms with Gasteiger partial charge >= 0.3 is 0 Å². The summed E-state index contributed by atoms with van der Waals surface area (Å²) in [5.74, 6) is -0.240. The third-order valence-electron chi connectivity index (χ3n) is 15.2. The summed E-state index contributed by atoms with van der Waals surface area (Å²) in [5.41, 5.74) is 0. The standard InChI is InChI=1S/C55H105NO18/c1-3-5-7-9-11-13-15-17-19-21-23-25-27-29-31-33-43(61)56-38(39(60)32-30-28-26-24-22-20-18-16-14-12-10-8-6-4-2)37-69-53-49(67)46(64)51(41(35-58)71-53)74-55-50(68)47(65)52(42(36-59)72-55)73-54-48(66)45(63)44(62)40(34-57)70-54/h38-42,44-55,57-60,62-68H,3-37H2,1-2H3,(H,56,61). The van der Waals surface area contributed by atoms with Crippen LogP contribution in [-0.4, -0.2) is 193 Å². The Bertz CT molecular complexity index is 1370. The summed E-state index contributed by atoms with van der Waals surface area (Å²) in [7, 11) is 0. The predicted molar refractivity (Wildman–Crippen MR) is 277 cm³/mol. The maximum atomic E-state index is 13.3. The summed E-state index contributed by atoms with van der Waals surface area (Å²) in [6, 6.07) is -0.879. The van der Waals surface area contributed by atoms with E-state index < -0.39 is 124 Å². The van der Waals surface area contributed by atoms with Crippen LogP contribution in [0.25, 0.3) is 0 Å². The molecule has 0 aromatic carbocycles. The molecule has 0 radical (unpaired) electrons. The second-order valence-corrected chi connectivity index (χ2v) is 21.5. The number of unbranched alkanes of at least 4 members (excludes halogenated alkanes) is 27. The van der Waals surface area contributed by atoms with Crippen LogP contribution in [0.15, 0.2) is 0 Å². The van der Waals surface area contributed by atoms with Crippen LogP contribution in [0.5, 0.6) is 0 Å². The summed E-state index contributed by atoms with van der Waals surface area (Å²) in [6.45, 7) is 1.79. The quantitative estimate of drug-likeness (QED) is 0.0376. The van der Waals surface area contributed by atoms with Crippen LogP contribution in [0.3, 0.4) is 0 Å². The van der Waals surface area contributed by atoms with Crippen molar-refractivity contribution in [1.29, 1.82) is 0 Å². The average Bonchev–Trinajstić information content (AvgIpc) is 3.40. The Morgan fingerprint density at radius 2 is 0.770 bits per heavy atom. The van der Waals surface area contributed by atoms with E-state index in [1.807, 2.05) is 0 Å². The fraction of sp³-hybridized carbons (Fsp3) is 0.982. The fourth-order valence-corrected chi connectivity index (χ4v) is 10.3. The van der Waals surface area contributed by atoms with E-state index in [1.54, 1.807) is 0 Å². The molecule has 0 spiro atoms. The van der Waals surface area contributed by atoms with Gasteiger partial charge in [-0.05, 0) is 12.8 Å². The van der Waals surface area contributed by atoms with E-state index in [0.29, 0.717) is 12.8 Å². The Hall–Kier alpha value is -1.21. The van der Waals surface area contributed by atoms with Crippen molar-refractivity contribution in [3.05, 3.63) is 0 Å². The molecule has 0 bridgehead atoms. The summed E-state index contributed by atoms with van der Waals surface area (Å²) >= 11 is 0. The van der Waals surface area contributed by atoms with Gasteiger partial charge in [-0.2, -0.15) is 0 Å². The molecular weight excluding hydrogens is 963 g/mol. The highest BCUT2D eigenvalue weighted by Crippen LogP contribution is 2.33. The molecule has 3 aliphatic rings. The topological polar surface area (TPSA) is 307 Å². The number of amides is 1. The van der Waals surface area contributed by atoms with Gasteiger partial charge < -0.3 is 89.9 Å². The van der Waals surface area contributed by atoms with Crippen LogP contribution >= 0.6 is 0 Å². The van der Waals surface area contributed by atoms with E-state index in [4.69, 9.17) is 28.4 Å². The number of nitrogens with one attached hydrogen (secondary N) is 1. The molecule has 3 fully saturated rings. The van der Waals surface area contributed by atoms with Gasteiger partial charge in [0.25, 0.3) is 0 Å². The summed E-state index contributed by atoms with van der Waals surface area (Å²) in [6.07, 6.45) is 9.01. The average molecular weight is 1070 g/mol. The highest BCUT2D eigenvalue weighted by molar-refractivity contribution is 5.76. The first-order valence-corrected chi connectivity index (χ1v) is 29.3. The van der Waals surface area contributed by atoms with E-state index >= 15 is 0 Å². The van der Waals surface area contributed by atoms with Crippen LogP contribution < -0.4 is 5.32 Å². The van der Waals surface area contributed by atoms with Crippen LogP contribution in [0.4, 0.5) is 0 Å². The highest BCUT2D eigenvalue weighted by Gasteiger charge is 2.53. The molecule has 0 aromatic heterocycles. The molecule has 3 saturated heterocycles. The van der Waals surface area contributed by atoms with Gasteiger partial charge in [0, 0.05) is 6.42 Å². The Morgan fingerprint density at radius 1 is 0.432 bits per heavy atom. The van der Waals surface area contributed by atoms with Crippen molar-refractivity contribution in [2.24, 2.45) is 0 Å². The Labute approximate surface area is 443 Å². The molecule has 0 aromatic rings. The molecule has 17 unspecified atom stereocenters.